The Hall–Kier alpha value is -1.25. The SMILES string of the molecule is Cc1ccc([C@@H](O)c2cccc(Cl)c2)o1. The van der Waals surface area contributed by atoms with Crippen LogP contribution in [0.25, 0.3) is 0 Å². The van der Waals surface area contributed by atoms with Crippen molar-refractivity contribution in [3.05, 3.63) is 58.5 Å². The largest absolute Gasteiger partial charge is 0.463 e. The lowest BCUT2D eigenvalue weighted by Crippen LogP contribution is -1.97. The van der Waals surface area contributed by atoms with Gasteiger partial charge in [0.2, 0.25) is 0 Å². The van der Waals surface area contributed by atoms with Crippen molar-refractivity contribution >= 4 is 11.6 Å². The molecule has 3 heteroatoms. The van der Waals surface area contributed by atoms with Crippen LogP contribution in [-0.2, 0) is 0 Å². The first-order valence-corrected chi connectivity index (χ1v) is 5.04. The van der Waals surface area contributed by atoms with Gasteiger partial charge in [-0.25, -0.2) is 0 Å². The van der Waals surface area contributed by atoms with Crippen LogP contribution in [-0.4, -0.2) is 5.11 Å². The average Bonchev–Trinajstić information content (AvgIpc) is 2.64. The molecule has 15 heavy (non-hydrogen) atoms. The van der Waals surface area contributed by atoms with Crippen molar-refractivity contribution in [2.75, 3.05) is 0 Å². The summed E-state index contributed by atoms with van der Waals surface area (Å²) in [6.45, 7) is 1.84. The molecule has 0 spiro atoms. The van der Waals surface area contributed by atoms with Crippen LogP contribution in [0.5, 0.6) is 0 Å². The highest BCUT2D eigenvalue weighted by atomic mass is 35.5. The van der Waals surface area contributed by atoms with Gasteiger partial charge >= 0.3 is 0 Å². The standard InChI is InChI=1S/C12H11ClO2/c1-8-5-6-11(15-8)12(14)9-3-2-4-10(13)7-9/h2-7,12,14H,1H3/t12-/m0/s1. The van der Waals surface area contributed by atoms with Crippen molar-refractivity contribution < 1.29 is 9.52 Å². The summed E-state index contributed by atoms with van der Waals surface area (Å²) < 4.78 is 5.35. The zero-order valence-corrected chi connectivity index (χ0v) is 9.03. The number of hydrogen-bond donors (Lipinski definition) is 1. The smallest absolute Gasteiger partial charge is 0.137 e. The van der Waals surface area contributed by atoms with Crippen molar-refractivity contribution in [1.82, 2.24) is 0 Å². The van der Waals surface area contributed by atoms with Gasteiger partial charge in [-0.1, -0.05) is 23.7 Å². The molecule has 0 radical (unpaired) electrons. The van der Waals surface area contributed by atoms with Crippen LogP contribution in [0.2, 0.25) is 5.02 Å². The number of aliphatic hydroxyl groups is 1. The molecule has 0 unspecified atom stereocenters. The van der Waals surface area contributed by atoms with Crippen molar-refractivity contribution in [2.24, 2.45) is 0 Å². The van der Waals surface area contributed by atoms with Crippen molar-refractivity contribution in [2.45, 2.75) is 13.0 Å². The predicted molar refractivity (Wildman–Crippen MR) is 59.0 cm³/mol. The van der Waals surface area contributed by atoms with Crippen molar-refractivity contribution in [1.29, 1.82) is 0 Å². The van der Waals surface area contributed by atoms with Crippen LogP contribution in [0.4, 0.5) is 0 Å². The molecule has 1 aromatic heterocycles. The van der Waals surface area contributed by atoms with E-state index >= 15 is 0 Å². The lowest BCUT2D eigenvalue weighted by Gasteiger charge is -2.07. The quantitative estimate of drug-likeness (QED) is 0.846. The molecule has 0 aliphatic heterocycles. The van der Waals surface area contributed by atoms with E-state index in [9.17, 15) is 5.11 Å². The van der Waals surface area contributed by atoms with Crippen LogP contribution in [0.3, 0.4) is 0 Å². The zero-order chi connectivity index (χ0) is 10.8. The van der Waals surface area contributed by atoms with Gasteiger partial charge in [-0.05, 0) is 36.8 Å². The number of halogens is 1. The van der Waals surface area contributed by atoms with E-state index in [2.05, 4.69) is 0 Å². The molecule has 0 saturated heterocycles. The maximum absolute atomic E-state index is 9.98. The Kier molecular flexibility index (Phi) is 2.80. The first-order chi connectivity index (χ1) is 7.16. The van der Waals surface area contributed by atoms with Crippen LogP contribution in [0, 0.1) is 6.92 Å². The van der Waals surface area contributed by atoms with Gasteiger partial charge in [0.15, 0.2) is 0 Å². The number of benzene rings is 1. The van der Waals surface area contributed by atoms with E-state index in [1.165, 1.54) is 0 Å². The zero-order valence-electron chi connectivity index (χ0n) is 8.27. The maximum atomic E-state index is 9.98. The number of rotatable bonds is 2. The molecule has 0 aliphatic rings. The highest BCUT2D eigenvalue weighted by Gasteiger charge is 2.13. The highest BCUT2D eigenvalue weighted by molar-refractivity contribution is 6.30. The number of hydrogen-bond acceptors (Lipinski definition) is 2. The average molecular weight is 223 g/mol. The maximum Gasteiger partial charge on any atom is 0.137 e. The monoisotopic (exact) mass is 222 g/mol. The van der Waals surface area contributed by atoms with Crippen LogP contribution in [0.1, 0.15) is 23.2 Å². The molecule has 1 heterocycles. The Morgan fingerprint density at radius 3 is 2.67 bits per heavy atom. The molecule has 2 nitrogen and oxygen atoms in total. The van der Waals surface area contributed by atoms with Gasteiger partial charge < -0.3 is 9.52 Å². The van der Waals surface area contributed by atoms with Crippen LogP contribution >= 0.6 is 11.6 Å². The van der Waals surface area contributed by atoms with Crippen LogP contribution in [0.15, 0.2) is 40.8 Å². The van der Waals surface area contributed by atoms with Gasteiger partial charge in [-0.15, -0.1) is 0 Å². The first kappa shape index (κ1) is 10.3. The number of furan rings is 1. The van der Waals surface area contributed by atoms with Crippen molar-refractivity contribution in [3.8, 4) is 0 Å². The lowest BCUT2D eigenvalue weighted by molar-refractivity contribution is 0.187. The topological polar surface area (TPSA) is 33.4 Å². The van der Waals surface area contributed by atoms with Gasteiger partial charge in [0.25, 0.3) is 0 Å². The number of aliphatic hydroxyl groups excluding tert-OH is 1. The Morgan fingerprint density at radius 2 is 2.07 bits per heavy atom. The molecule has 0 fully saturated rings. The second-order valence-corrected chi connectivity index (χ2v) is 3.84. The molecule has 1 atom stereocenters. The second-order valence-electron chi connectivity index (χ2n) is 3.41. The Bertz CT molecular complexity index is 462. The summed E-state index contributed by atoms with van der Waals surface area (Å²) in [5.41, 5.74) is 0.733. The Balaban J connectivity index is 2.32. The number of aryl methyl sites for hydroxylation is 1. The third kappa shape index (κ3) is 2.22. The van der Waals surface area contributed by atoms with Gasteiger partial charge in [0.1, 0.15) is 17.6 Å². The van der Waals surface area contributed by atoms with Gasteiger partial charge in [0.05, 0.1) is 0 Å². The molecule has 1 N–H and O–H groups in total. The summed E-state index contributed by atoms with van der Waals surface area (Å²) in [7, 11) is 0. The fourth-order valence-corrected chi connectivity index (χ4v) is 1.64. The van der Waals surface area contributed by atoms with E-state index in [1.807, 2.05) is 19.1 Å². The summed E-state index contributed by atoms with van der Waals surface area (Å²) in [6, 6.07) is 10.7. The van der Waals surface area contributed by atoms with Gasteiger partial charge in [-0.3, -0.25) is 0 Å². The summed E-state index contributed by atoms with van der Waals surface area (Å²) in [6.07, 6.45) is -0.752. The molecular weight excluding hydrogens is 212 g/mol. The third-order valence-corrected chi connectivity index (χ3v) is 2.43. The van der Waals surface area contributed by atoms with Gasteiger partial charge in [0, 0.05) is 5.02 Å². The minimum Gasteiger partial charge on any atom is -0.463 e. The molecule has 2 aromatic rings. The van der Waals surface area contributed by atoms with Crippen molar-refractivity contribution in [3.63, 3.8) is 0 Å². The highest BCUT2D eigenvalue weighted by Crippen LogP contribution is 2.25. The summed E-state index contributed by atoms with van der Waals surface area (Å²) in [5.74, 6) is 1.32. The summed E-state index contributed by atoms with van der Waals surface area (Å²) in [4.78, 5) is 0. The predicted octanol–water partition coefficient (Wildman–Crippen LogP) is 3.32. The molecule has 0 bridgehead atoms. The molecule has 78 valence electrons. The normalized spacial score (nSPS) is 12.7. The molecule has 0 saturated carbocycles. The summed E-state index contributed by atoms with van der Waals surface area (Å²) >= 11 is 5.84. The first-order valence-electron chi connectivity index (χ1n) is 4.66. The molecule has 0 aliphatic carbocycles. The minimum atomic E-state index is -0.752. The fraction of sp³-hybridized carbons (Fsp3) is 0.167. The molecule has 2 rings (SSSR count). The van der Waals surface area contributed by atoms with E-state index in [4.69, 9.17) is 16.0 Å². The Morgan fingerprint density at radius 1 is 1.27 bits per heavy atom. The summed E-state index contributed by atoms with van der Waals surface area (Å²) in [5, 5.41) is 10.6. The molecule has 1 aromatic carbocycles. The van der Waals surface area contributed by atoms with E-state index in [1.54, 1.807) is 24.3 Å². The van der Waals surface area contributed by atoms with E-state index < -0.39 is 6.10 Å². The minimum absolute atomic E-state index is 0.537. The van der Waals surface area contributed by atoms with E-state index in [0.717, 1.165) is 11.3 Å². The Labute approximate surface area is 93.1 Å². The van der Waals surface area contributed by atoms with Crippen LogP contribution < -0.4 is 0 Å². The molecule has 0 amide bonds. The lowest BCUT2D eigenvalue weighted by atomic mass is 10.1. The van der Waals surface area contributed by atoms with E-state index in [-0.39, 0.29) is 0 Å². The third-order valence-electron chi connectivity index (χ3n) is 2.20. The van der Waals surface area contributed by atoms with Gasteiger partial charge in [-0.2, -0.15) is 0 Å². The molecular formula is C12H11ClO2. The second kappa shape index (κ2) is 4.09. The van der Waals surface area contributed by atoms with E-state index in [0.29, 0.717) is 10.8 Å². The fourth-order valence-electron chi connectivity index (χ4n) is 1.44.